The molecule has 0 aliphatic heterocycles. The summed E-state index contributed by atoms with van der Waals surface area (Å²) in [5.74, 6) is 1.29. The molecular formula is C14H18ClN3O2. The van der Waals surface area contributed by atoms with Gasteiger partial charge >= 0.3 is 0 Å². The average Bonchev–Trinajstić information content (AvgIpc) is 2.83. The van der Waals surface area contributed by atoms with Gasteiger partial charge in [-0.05, 0) is 17.7 Å². The summed E-state index contributed by atoms with van der Waals surface area (Å²) in [4.78, 5) is 0. The minimum absolute atomic E-state index is 0.583. The van der Waals surface area contributed by atoms with Gasteiger partial charge in [0.2, 0.25) is 0 Å². The first kappa shape index (κ1) is 14.8. The number of aryl methyl sites for hydroxylation is 1. The van der Waals surface area contributed by atoms with Crippen molar-refractivity contribution < 1.29 is 9.47 Å². The molecule has 0 saturated heterocycles. The molecular weight excluding hydrogens is 278 g/mol. The third-order valence-electron chi connectivity index (χ3n) is 2.72. The second-order valence-electron chi connectivity index (χ2n) is 4.39. The summed E-state index contributed by atoms with van der Waals surface area (Å²) in [6.07, 6.45) is 3.44. The highest BCUT2D eigenvalue weighted by Gasteiger charge is 2.06. The minimum atomic E-state index is 0.583. The lowest BCUT2D eigenvalue weighted by molar-refractivity contribution is 0.199. The van der Waals surface area contributed by atoms with Crippen molar-refractivity contribution in [1.82, 2.24) is 15.1 Å². The summed E-state index contributed by atoms with van der Waals surface area (Å²) in [5, 5.41) is 7.89. The van der Waals surface area contributed by atoms with E-state index in [1.807, 2.05) is 25.2 Å². The van der Waals surface area contributed by atoms with Gasteiger partial charge in [-0.1, -0.05) is 17.7 Å². The molecule has 2 aromatic rings. The predicted octanol–water partition coefficient (Wildman–Crippen LogP) is 2.60. The van der Waals surface area contributed by atoms with Crippen molar-refractivity contribution in [2.45, 2.75) is 6.54 Å². The molecule has 20 heavy (non-hydrogen) atoms. The standard InChI is InChI=1S/C14H18ClN3O2/c1-18-10-12(9-17-18)20-14-4-3-11(7-13(14)15)8-16-5-6-19-2/h3-4,7,9-10,16H,5-6,8H2,1-2H3. The van der Waals surface area contributed by atoms with E-state index in [9.17, 15) is 0 Å². The lowest BCUT2D eigenvalue weighted by atomic mass is 10.2. The molecule has 0 amide bonds. The lowest BCUT2D eigenvalue weighted by Gasteiger charge is -2.08. The van der Waals surface area contributed by atoms with E-state index in [2.05, 4.69) is 10.4 Å². The Balaban J connectivity index is 1.95. The maximum atomic E-state index is 6.22. The normalized spacial score (nSPS) is 10.8. The molecule has 0 spiro atoms. The molecule has 0 aliphatic rings. The quantitative estimate of drug-likeness (QED) is 0.798. The fourth-order valence-corrected chi connectivity index (χ4v) is 1.96. The van der Waals surface area contributed by atoms with E-state index in [4.69, 9.17) is 21.1 Å². The molecule has 0 saturated carbocycles. The highest BCUT2D eigenvalue weighted by atomic mass is 35.5. The second-order valence-corrected chi connectivity index (χ2v) is 4.79. The fraction of sp³-hybridized carbons (Fsp3) is 0.357. The number of ether oxygens (including phenoxy) is 2. The molecule has 0 atom stereocenters. The Kier molecular flexibility index (Phi) is 5.40. The zero-order valence-corrected chi connectivity index (χ0v) is 12.4. The molecule has 0 fully saturated rings. The summed E-state index contributed by atoms with van der Waals surface area (Å²) in [6, 6.07) is 5.74. The van der Waals surface area contributed by atoms with E-state index in [1.165, 1.54) is 0 Å². The van der Waals surface area contributed by atoms with Crippen LogP contribution in [0.5, 0.6) is 11.5 Å². The number of halogens is 1. The van der Waals surface area contributed by atoms with Gasteiger partial charge in [-0.3, -0.25) is 4.68 Å². The average molecular weight is 296 g/mol. The van der Waals surface area contributed by atoms with Crippen molar-refractivity contribution in [3.63, 3.8) is 0 Å². The third kappa shape index (κ3) is 4.23. The number of nitrogens with zero attached hydrogens (tertiary/aromatic N) is 2. The Morgan fingerprint density at radius 2 is 2.25 bits per heavy atom. The summed E-state index contributed by atoms with van der Waals surface area (Å²) >= 11 is 6.22. The van der Waals surface area contributed by atoms with E-state index in [-0.39, 0.29) is 0 Å². The van der Waals surface area contributed by atoms with E-state index in [0.717, 1.165) is 18.7 Å². The number of rotatable bonds is 7. The maximum absolute atomic E-state index is 6.22. The Morgan fingerprint density at radius 1 is 1.40 bits per heavy atom. The molecule has 2 rings (SSSR count). The molecule has 1 heterocycles. The van der Waals surface area contributed by atoms with Crippen LogP contribution in [-0.4, -0.2) is 30.0 Å². The first-order valence-corrected chi connectivity index (χ1v) is 6.71. The number of nitrogens with one attached hydrogen (secondary N) is 1. The van der Waals surface area contributed by atoms with Crippen LogP contribution in [0.15, 0.2) is 30.6 Å². The predicted molar refractivity (Wildman–Crippen MR) is 78.3 cm³/mol. The summed E-state index contributed by atoms with van der Waals surface area (Å²) < 4.78 is 12.3. The van der Waals surface area contributed by atoms with Gasteiger partial charge in [0.1, 0.15) is 5.75 Å². The van der Waals surface area contributed by atoms with Gasteiger partial charge < -0.3 is 14.8 Å². The third-order valence-corrected chi connectivity index (χ3v) is 3.01. The lowest BCUT2D eigenvalue weighted by Crippen LogP contribution is -2.18. The highest BCUT2D eigenvalue weighted by molar-refractivity contribution is 6.32. The molecule has 1 N–H and O–H groups in total. The fourth-order valence-electron chi connectivity index (χ4n) is 1.72. The van der Waals surface area contributed by atoms with Crippen molar-refractivity contribution in [2.24, 2.45) is 7.05 Å². The van der Waals surface area contributed by atoms with E-state index < -0.39 is 0 Å². The van der Waals surface area contributed by atoms with Gasteiger partial charge in [-0.15, -0.1) is 0 Å². The Bertz CT molecular complexity index is 557. The van der Waals surface area contributed by atoms with Gasteiger partial charge in [0.15, 0.2) is 5.75 Å². The zero-order chi connectivity index (χ0) is 14.4. The van der Waals surface area contributed by atoms with Crippen LogP contribution >= 0.6 is 11.6 Å². The molecule has 0 radical (unpaired) electrons. The number of methoxy groups -OCH3 is 1. The van der Waals surface area contributed by atoms with E-state index >= 15 is 0 Å². The van der Waals surface area contributed by atoms with Crippen molar-refractivity contribution in [3.8, 4) is 11.5 Å². The second kappa shape index (κ2) is 7.28. The van der Waals surface area contributed by atoms with Crippen LogP contribution in [0.4, 0.5) is 0 Å². The molecule has 108 valence electrons. The first-order chi connectivity index (χ1) is 9.69. The zero-order valence-electron chi connectivity index (χ0n) is 11.6. The van der Waals surface area contributed by atoms with Gasteiger partial charge in [0.25, 0.3) is 0 Å². The number of aromatic nitrogens is 2. The molecule has 1 aromatic carbocycles. The van der Waals surface area contributed by atoms with E-state index in [1.54, 1.807) is 24.2 Å². The van der Waals surface area contributed by atoms with Crippen molar-refractivity contribution in [2.75, 3.05) is 20.3 Å². The van der Waals surface area contributed by atoms with E-state index in [0.29, 0.717) is 23.1 Å². The number of benzene rings is 1. The minimum Gasteiger partial charge on any atom is -0.452 e. The molecule has 0 unspecified atom stereocenters. The Morgan fingerprint density at radius 3 is 2.90 bits per heavy atom. The van der Waals surface area contributed by atoms with Crippen LogP contribution in [0, 0.1) is 0 Å². The summed E-state index contributed by atoms with van der Waals surface area (Å²) in [7, 11) is 3.52. The smallest absolute Gasteiger partial charge is 0.165 e. The Labute approximate surface area is 123 Å². The van der Waals surface area contributed by atoms with Crippen molar-refractivity contribution in [1.29, 1.82) is 0 Å². The van der Waals surface area contributed by atoms with Gasteiger partial charge in [0, 0.05) is 27.2 Å². The van der Waals surface area contributed by atoms with Gasteiger partial charge in [-0.25, -0.2) is 0 Å². The summed E-state index contributed by atoms with van der Waals surface area (Å²) in [5.41, 5.74) is 1.10. The van der Waals surface area contributed by atoms with Gasteiger partial charge in [-0.2, -0.15) is 5.10 Å². The van der Waals surface area contributed by atoms with Crippen LogP contribution in [0.2, 0.25) is 5.02 Å². The number of hydrogen-bond donors (Lipinski definition) is 1. The summed E-state index contributed by atoms with van der Waals surface area (Å²) in [6.45, 7) is 2.24. The molecule has 0 bridgehead atoms. The monoisotopic (exact) mass is 295 g/mol. The Hall–Kier alpha value is -1.56. The highest BCUT2D eigenvalue weighted by Crippen LogP contribution is 2.29. The number of hydrogen-bond acceptors (Lipinski definition) is 4. The largest absolute Gasteiger partial charge is 0.452 e. The van der Waals surface area contributed by atoms with Crippen LogP contribution in [-0.2, 0) is 18.3 Å². The first-order valence-electron chi connectivity index (χ1n) is 6.33. The van der Waals surface area contributed by atoms with Gasteiger partial charge in [0.05, 0.1) is 24.0 Å². The maximum Gasteiger partial charge on any atom is 0.165 e. The van der Waals surface area contributed by atoms with Crippen molar-refractivity contribution >= 4 is 11.6 Å². The molecule has 6 heteroatoms. The van der Waals surface area contributed by atoms with Crippen LogP contribution < -0.4 is 10.1 Å². The van der Waals surface area contributed by atoms with Crippen LogP contribution in [0.1, 0.15) is 5.56 Å². The van der Waals surface area contributed by atoms with Crippen LogP contribution in [0.25, 0.3) is 0 Å². The molecule has 0 aliphatic carbocycles. The molecule has 1 aromatic heterocycles. The van der Waals surface area contributed by atoms with Crippen LogP contribution in [0.3, 0.4) is 0 Å². The SMILES string of the molecule is COCCNCc1ccc(Oc2cnn(C)c2)c(Cl)c1. The molecule has 5 nitrogen and oxygen atoms in total. The topological polar surface area (TPSA) is 48.3 Å². The van der Waals surface area contributed by atoms with Crippen molar-refractivity contribution in [3.05, 3.63) is 41.2 Å².